The van der Waals surface area contributed by atoms with Gasteiger partial charge in [0.1, 0.15) is 5.75 Å². The monoisotopic (exact) mass is 472 g/mol. The lowest BCUT2D eigenvalue weighted by atomic mass is 9.99. The standard InChI is InChI=1S/C18H18Br2O5/c1-10(19)18(24-9-15(25-18)17(21)23-3)12-5-6-13-11(8-12)4-7-14(22-2)16(13)20/h4-8,10,15H,9H2,1-3H3/t10?,15-,18?/m1/s1. The van der Waals surface area contributed by atoms with Crippen molar-refractivity contribution in [2.24, 2.45) is 0 Å². The Morgan fingerprint density at radius 2 is 2.08 bits per heavy atom. The van der Waals surface area contributed by atoms with E-state index in [-0.39, 0.29) is 11.4 Å². The molecule has 2 aromatic carbocycles. The van der Waals surface area contributed by atoms with Gasteiger partial charge < -0.3 is 18.9 Å². The Morgan fingerprint density at radius 3 is 2.72 bits per heavy atom. The first kappa shape index (κ1) is 18.6. The summed E-state index contributed by atoms with van der Waals surface area (Å²) in [7, 11) is 2.97. The fraction of sp³-hybridized carbons (Fsp3) is 0.389. The second kappa shape index (κ2) is 7.23. The van der Waals surface area contributed by atoms with Gasteiger partial charge in [-0.1, -0.05) is 34.1 Å². The van der Waals surface area contributed by atoms with E-state index in [1.165, 1.54) is 7.11 Å². The minimum atomic E-state index is -1.06. The van der Waals surface area contributed by atoms with Gasteiger partial charge in [0.2, 0.25) is 5.79 Å². The Kier molecular flexibility index (Phi) is 5.39. The molecule has 25 heavy (non-hydrogen) atoms. The quantitative estimate of drug-likeness (QED) is 0.493. The van der Waals surface area contributed by atoms with E-state index in [9.17, 15) is 4.79 Å². The molecule has 1 aliphatic heterocycles. The van der Waals surface area contributed by atoms with Crippen LogP contribution in [-0.4, -0.2) is 37.7 Å². The number of alkyl halides is 1. The zero-order chi connectivity index (χ0) is 18.2. The molecule has 0 N–H and O–H groups in total. The Morgan fingerprint density at radius 1 is 1.32 bits per heavy atom. The zero-order valence-electron chi connectivity index (χ0n) is 14.0. The lowest BCUT2D eigenvalue weighted by Gasteiger charge is -2.31. The summed E-state index contributed by atoms with van der Waals surface area (Å²) >= 11 is 7.14. The molecule has 3 rings (SSSR count). The number of benzene rings is 2. The molecular weight excluding hydrogens is 456 g/mol. The summed E-state index contributed by atoms with van der Waals surface area (Å²) in [4.78, 5) is 11.6. The number of ether oxygens (including phenoxy) is 4. The van der Waals surface area contributed by atoms with Crippen LogP contribution in [0.5, 0.6) is 5.75 Å². The van der Waals surface area contributed by atoms with Crippen LogP contribution in [0.1, 0.15) is 12.5 Å². The number of fused-ring (bicyclic) bond motifs is 1. The Hall–Kier alpha value is -1.15. The average Bonchev–Trinajstić information content (AvgIpc) is 3.08. The van der Waals surface area contributed by atoms with Gasteiger partial charge in [-0.3, -0.25) is 0 Å². The maximum Gasteiger partial charge on any atom is 0.337 e. The van der Waals surface area contributed by atoms with Crippen LogP contribution in [0.4, 0.5) is 0 Å². The van der Waals surface area contributed by atoms with E-state index < -0.39 is 17.9 Å². The molecule has 3 atom stereocenters. The molecule has 1 aliphatic rings. The van der Waals surface area contributed by atoms with E-state index >= 15 is 0 Å². The van der Waals surface area contributed by atoms with Crippen molar-refractivity contribution in [1.29, 1.82) is 0 Å². The molecule has 0 bridgehead atoms. The summed E-state index contributed by atoms with van der Waals surface area (Å²) in [5.41, 5.74) is 0.827. The summed E-state index contributed by atoms with van der Waals surface area (Å²) in [6.07, 6.45) is -0.747. The molecule has 1 heterocycles. The van der Waals surface area contributed by atoms with E-state index in [1.54, 1.807) is 7.11 Å². The molecule has 2 aromatic rings. The van der Waals surface area contributed by atoms with E-state index in [0.29, 0.717) is 0 Å². The SMILES string of the molecule is COC(=O)[C@H]1COC(c2ccc3c(Br)c(OC)ccc3c2)(C(C)Br)O1. The third kappa shape index (κ3) is 3.18. The molecule has 2 unspecified atom stereocenters. The van der Waals surface area contributed by atoms with Gasteiger partial charge in [-0.15, -0.1) is 0 Å². The molecular formula is C18H18Br2O5. The number of hydrogen-bond donors (Lipinski definition) is 0. The minimum Gasteiger partial charge on any atom is -0.496 e. The first-order valence-corrected chi connectivity index (χ1v) is 9.44. The lowest BCUT2D eigenvalue weighted by Crippen LogP contribution is -2.37. The fourth-order valence-corrected chi connectivity index (χ4v) is 4.12. The van der Waals surface area contributed by atoms with E-state index in [4.69, 9.17) is 18.9 Å². The molecule has 0 saturated carbocycles. The summed E-state index contributed by atoms with van der Waals surface area (Å²) in [6, 6.07) is 9.78. The molecule has 0 spiro atoms. The van der Waals surface area contributed by atoms with Crippen molar-refractivity contribution in [2.45, 2.75) is 23.6 Å². The van der Waals surface area contributed by atoms with Gasteiger partial charge in [0.15, 0.2) is 6.10 Å². The topological polar surface area (TPSA) is 54.0 Å². The predicted molar refractivity (Wildman–Crippen MR) is 101 cm³/mol. The third-order valence-electron chi connectivity index (χ3n) is 4.30. The largest absolute Gasteiger partial charge is 0.496 e. The van der Waals surface area contributed by atoms with E-state index in [2.05, 4.69) is 31.9 Å². The Bertz CT molecular complexity index is 807. The highest BCUT2D eigenvalue weighted by atomic mass is 79.9. The molecule has 0 aromatic heterocycles. The van der Waals surface area contributed by atoms with Crippen LogP contribution >= 0.6 is 31.9 Å². The Balaban J connectivity index is 2.05. The normalized spacial score (nSPS) is 24.3. The molecule has 0 radical (unpaired) electrons. The Labute approximate surface area is 162 Å². The van der Waals surface area contributed by atoms with Gasteiger partial charge in [-0.25, -0.2) is 4.79 Å². The number of halogens is 2. The van der Waals surface area contributed by atoms with Crippen molar-refractivity contribution >= 4 is 48.6 Å². The second-order valence-corrected chi connectivity index (χ2v) is 7.91. The summed E-state index contributed by atoms with van der Waals surface area (Å²) in [5.74, 6) is -0.731. The van der Waals surface area contributed by atoms with Crippen LogP contribution < -0.4 is 4.74 Å². The molecule has 134 valence electrons. The van der Waals surface area contributed by atoms with E-state index in [0.717, 1.165) is 26.6 Å². The molecule has 0 aliphatic carbocycles. The number of carbonyl (C=O) groups excluding carboxylic acids is 1. The molecule has 5 nitrogen and oxygen atoms in total. The van der Waals surface area contributed by atoms with Gasteiger partial charge in [0.25, 0.3) is 0 Å². The second-order valence-electron chi connectivity index (χ2n) is 5.74. The predicted octanol–water partition coefficient (Wildman–Crippen LogP) is 4.14. The summed E-state index contributed by atoms with van der Waals surface area (Å²) in [5, 5.41) is 2.02. The van der Waals surface area contributed by atoms with Gasteiger partial charge in [-0.05, 0) is 45.8 Å². The molecule has 7 heteroatoms. The first-order valence-electron chi connectivity index (χ1n) is 7.73. The van der Waals surface area contributed by atoms with Crippen molar-refractivity contribution < 1.29 is 23.7 Å². The van der Waals surface area contributed by atoms with E-state index in [1.807, 2.05) is 37.3 Å². The smallest absolute Gasteiger partial charge is 0.337 e. The van der Waals surface area contributed by atoms with Crippen LogP contribution in [-0.2, 0) is 24.8 Å². The van der Waals surface area contributed by atoms with Crippen LogP contribution in [0.3, 0.4) is 0 Å². The number of carbonyl (C=O) groups is 1. The highest BCUT2D eigenvalue weighted by Crippen LogP contribution is 2.43. The van der Waals surface area contributed by atoms with Gasteiger partial charge in [0.05, 0.1) is 30.1 Å². The highest BCUT2D eigenvalue weighted by Gasteiger charge is 2.49. The maximum atomic E-state index is 11.8. The summed E-state index contributed by atoms with van der Waals surface area (Å²) in [6.45, 7) is 2.07. The zero-order valence-corrected chi connectivity index (χ0v) is 17.2. The molecule has 1 saturated heterocycles. The number of rotatable bonds is 4. The first-order chi connectivity index (χ1) is 11.9. The van der Waals surface area contributed by atoms with Crippen LogP contribution in [0.25, 0.3) is 10.8 Å². The van der Waals surface area contributed by atoms with Gasteiger partial charge in [0, 0.05) is 5.56 Å². The fourth-order valence-electron chi connectivity index (χ4n) is 2.96. The van der Waals surface area contributed by atoms with Crippen molar-refractivity contribution in [2.75, 3.05) is 20.8 Å². The molecule has 0 amide bonds. The highest BCUT2D eigenvalue weighted by molar-refractivity contribution is 9.10. The molecule has 1 fully saturated rings. The van der Waals surface area contributed by atoms with Crippen LogP contribution in [0, 0.1) is 0 Å². The van der Waals surface area contributed by atoms with Crippen molar-refractivity contribution in [1.82, 2.24) is 0 Å². The lowest BCUT2D eigenvalue weighted by molar-refractivity contribution is -0.185. The number of hydrogen-bond acceptors (Lipinski definition) is 5. The number of methoxy groups -OCH3 is 2. The van der Waals surface area contributed by atoms with Crippen molar-refractivity contribution in [3.05, 3.63) is 40.4 Å². The van der Waals surface area contributed by atoms with Gasteiger partial charge >= 0.3 is 5.97 Å². The third-order valence-corrected chi connectivity index (χ3v) is 5.72. The maximum absolute atomic E-state index is 11.8. The van der Waals surface area contributed by atoms with Crippen LogP contribution in [0.2, 0.25) is 0 Å². The number of esters is 1. The van der Waals surface area contributed by atoms with Crippen molar-refractivity contribution in [3.8, 4) is 5.75 Å². The minimum absolute atomic E-state index is 0.146. The average molecular weight is 474 g/mol. The summed E-state index contributed by atoms with van der Waals surface area (Å²) < 4.78 is 22.9. The van der Waals surface area contributed by atoms with Crippen LogP contribution in [0.15, 0.2) is 34.8 Å². The van der Waals surface area contributed by atoms with Gasteiger partial charge in [-0.2, -0.15) is 0 Å². The van der Waals surface area contributed by atoms with Crippen molar-refractivity contribution in [3.63, 3.8) is 0 Å².